The second-order valence-corrected chi connectivity index (χ2v) is 14.1. The Bertz CT molecular complexity index is 3520. The largest absolute Gasteiger partial charge is 0.309 e. The third kappa shape index (κ3) is 4.86. The Kier molecular flexibility index (Phi) is 5.73. The zero-order chi connectivity index (χ0) is 40.8. The van der Waals surface area contributed by atoms with Gasteiger partial charge in [-0.3, -0.25) is 0 Å². The van der Waals surface area contributed by atoms with Gasteiger partial charge in [-0.25, -0.2) is 15.0 Å². The van der Waals surface area contributed by atoms with Gasteiger partial charge in [0.25, 0.3) is 0 Å². The van der Waals surface area contributed by atoms with Crippen LogP contribution >= 0.6 is 11.3 Å². The quantitative estimate of drug-likeness (QED) is 0.178. The molecule has 54 heavy (non-hydrogen) atoms. The van der Waals surface area contributed by atoms with E-state index in [-0.39, 0.29) is 36.3 Å². The molecule has 0 amide bonds. The first-order valence-corrected chi connectivity index (χ1v) is 18.4. The molecule has 5 heteroatoms. The van der Waals surface area contributed by atoms with E-state index < -0.39 is 0 Å². The van der Waals surface area contributed by atoms with Gasteiger partial charge >= 0.3 is 0 Å². The van der Waals surface area contributed by atoms with Crippen LogP contribution in [0.15, 0.2) is 182 Å². The zero-order valence-electron chi connectivity index (χ0n) is 34.6. The molecule has 252 valence electrons. The molecular formula is C49H30N4S. The van der Waals surface area contributed by atoms with E-state index in [0.717, 1.165) is 43.7 Å². The van der Waals surface area contributed by atoms with Gasteiger partial charge in [0, 0.05) is 58.8 Å². The van der Waals surface area contributed by atoms with Crippen LogP contribution in [0.25, 0.3) is 104 Å². The fourth-order valence-corrected chi connectivity index (χ4v) is 8.67. The molecule has 4 nitrogen and oxygen atoms in total. The van der Waals surface area contributed by atoms with E-state index in [4.69, 9.17) is 21.8 Å². The predicted molar refractivity (Wildman–Crippen MR) is 226 cm³/mol. The molecule has 0 unspecified atom stereocenters. The van der Waals surface area contributed by atoms with Crippen LogP contribution in [0.4, 0.5) is 0 Å². The van der Waals surface area contributed by atoms with Crippen molar-refractivity contribution in [1.82, 2.24) is 19.5 Å². The topological polar surface area (TPSA) is 43.6 Å². The van der Waals surface area contributed by atoms with E-state index in [9.17, 15) is 1.37 Å². The molecule has 0 radical (unpaired) electrons. The standard InChI is InChI=1S/C49H30N4S/c1-2-15-32(16-3-1)47-50-48(52-49(51-47)41-24-12-17-31-14-4-5-18-34(31)41)33-28-29-37(39-22-13-23-40-38-21-8-11-27-45(38)54-46(39)40)44(30-33)53-42-25-9-6-19-35(42)36-20-7-10-26-43(36)53/h1-30H/i8D,13D,21D,22D,23D,27D. The number of para-hydroxylation sites is 2. The summed E-state index contributed by atoms with van der Waals surface area (Å²) in [5.74, 6) is 1.49. The Morgan fingerprint density at radius 1 is 0.444 bits per heavy atom. The van der Waals surface area contributed by atoms with Crippen LogP contribution in [-0.4, -0.2) is 19.5 Å². The lowest BCUT2D eigenvalue weighted by Gasteiger charge is -2.17. The van der Waals surface area contributed by atoms with Crippen molar-refractivity contribution in [1.29, 1.82) is 0 Å². The van der Waals surface area contributed by atoms with Gasteiger partial charge in [0.2, 0.25) is 0 Å². The number of fused-ring (bicyclic) bond motifs is 7. The molecule has 0 atom stereocenters. The molecule has 0 aliphatic rings. The van der Waals surface area contributed by atoms with Crippen LogP contribution in [0.5, 0.6) is 0 Å². The highest BCUT2D eigenvalue weighted by molar-refractivity contribution is 7.26. The van der Waals surface area contributed by atoms with Gasteiger partial charge in [-0.05, 0) is 35.0 Å². The Morgan fingerprint density at radius 3 is 1.93 bits per heavy atom. The van der Waals surface area contributed by atoms with Gasteiger partial charge in [-0.15, -0.1) is 11.3 Å². The number of aromatic nitrogens is 4. The summed E-state index contributed by atoms with van der Waals surface area (Å²) in [6.45, 7) is 0. The lowest BCUT2D eigenvalue weighted by Crippen LogP contribution is -2.02. The first-order valence-electron chi connectivity index (χ1n) is 20.6. The summed E-state index contributed by atoms with van der Waals surface area (Å²) in [4.78, 5) is 15.3. The van der Waals surface area contributed by atoms with Crippen molar-refractivity contribution < 1.29 is 8.22 Å². The molecule has 0 saturated heterocycles. The average Bonchev–Trinajstić information content (AvgIpc) is 3.85. The summed E-state index contributed by atoms with van der Waals surface area (Å²) < 4.78 is 56.9. The molecule has 0 aliphatic heterocycles. The van der Waals surface area contributed by atoms with Crippen molar-refractivity contribution in [3.8, 4) is 51.0 Å². The van der Waals surface area contributed by atoms with E-state index in [2.05, 4.69) is 47.0 Å². The Morgan fingerprint density at radius 2 is 1.11 bits per heavy atom. The summed E-state index contributed by atoms with van der Waals surface area (Å²) in [6, 6.07) is 46.9. The first kappa shape index (κ1) is 25.1. The van der Waals surface area contributed by atoms with Crippen molar-refractivity contribution in [3.05, 3.63) is 182 Å². The molecular weight excluding hydrogens is 677 g/mol. The molecule has 0 aliphatic carbocycles. The first-order chi connectivity index (χ1) is 29.3. The van der Waals surface area contributed by atoms with Gasteiger partial charge in [0.05, 0.1) is 24.9 Å². The number of hydrogen-bond acceptors (Lipinski definition) is 4. The van der Waals surface area contributed by atoms with Crippen LogP contribution in [0.1, 0.15) is 8.22 Å². The van der Waals surface area contributed by atoms with Gasteiger partial charge in [-0.2, -0.15) is 0 Å². The van der Waals surface area contributed by atoms with E-state index >= 15 is 0 Å². The maximum Gasteiger partial charge on any atom is 0.164 e. The minimum Gasteiger partial charge on any atom is -0.309 e. The van der Waals surface area contributed by atoms with Crippen molar-refractivity contribution in [3.63, 3.8) is 0 Å². The summed E-state index contributed by atoms with van der Waals surface area (Å²) >= 11 is 1.23. The third-order valence-corrected chi connectivity index (χ3v) is 11.2. The molecule has 0 spiro atoms. The minimum atomic E-state index is -0.291. The number of thiophene rings is 1. The molecule has 8 aromatic carbocycles. The van der Waals surface area contributed by atoms with Crippen molar-refractivity contribution >= 4 is 64.1 Å². The van der Waals surface area contributed by atoms with Gasteiger partial charge in [-0.1, -0.05) is 158 Å². The van der Waals surface area contributed by atoms with Crippen LogP contribution < -0.4 is 0 Å². The highest BCUT2D eigenvalue weighted by Gasteiger charge is 2.21. The summed E-state index contributed by atoms with van der Waals surface area (Å²) in [5, 5.41) is 4.76. The summed E-state index contributed by atoms with van der Waals surface area (Å²) in [6.07, 6.45) is 0. The second kappa shape index (κ2) is 12.3. The van der Waals surface area contributed by atoms with Crippen molar-refractivity contribution in [2.24, 2.45) is 0 Å². The molecule has 11 rings (SSSR count). The second-order valence-electron chi connectivity index (χ2n) is 13.1. The highest BCUT2D eigenvalue weighted by atomic mass is 32.1. The van der Waals surface area contributed by atoms with Gasteiger partial charge < -0.3 is 4.57 Å². The number of benzene rings is 8. The Labute approximate surface area is 323 Å². The molecule has 0 bridgehead atoms. The van der Waals surface area contributed by atoms with Crippen molar-refractivity contribution in [2.45, 2.75) is 0 Å². The summed E-state index contributed by atoms with van der Waals surface area (Å²) in [5.41, 5.74) is 5.99. The Balaban J connectivity index is 1.25. The minimum absolute atomic E-state index is 0.0691. The third-order valence-electron chi connectivity index (χ3n) is 10.0. The average molecular weight is 713 g/mol. The molecule has 3 aromatic heterocycles. The fraction of sp³-hybridized carbons (Fsp3) is 0. The molecule has 3 heterocycles. The van der Waals surface area contributed by atoms with Gasteiger partial charge in [0.1, 0.15) is 0 Å². The van der Waals surface area contributed by atoms with Crippen LogP contribution in [0.3, 0.4) is 0 Å². The maximum absolute atomic E-state index is 9.48. The number of rotatable bonds is 5. The monoisotopic (exact) mass is 712 g/mol. The lowest BCUT2D eigenvalue weighted by molar-refractivity contribution is 1.07. The van der Waals surface area contributed by atoms with Crippen LogP contribution in [-0.2, 0) is 0 Å². The normalized spacial score (nSPS) is 13.3. The Hall–Kier alpha value is -6.95. The zero-order valence-corrected chi connectivity index (χ0v) is 29.4. The van der Waals surface area contributed by atoms with E-state index in [1.165, 1.54) is 17.4 Å². The maximum atomic E-state index is 9.48. The van der Waals surface area contributed by atoms with E-state index in [1.807, 2.05) is 97.1 Å². The van der Waals surface area contributed by atoms with E-state index in [0.29, 0.717) is 60.0 Å². The fourth-order valence-electron chi connectivity index (χ4n) is 7.57. The smallest absolute Gasteiger partial charge is 0.164 e. The molecule has 0 saturated carbocycles. The van der Waals surface area contributed by atoms with Crippen LogP contribution in [0, 0.1) is 0 Å². The van der Waals surface area contributed by atoms with Crippen LogP contribution in [0.2, 0.25) is 0 Å². The molecule has 0 N–H and O–H groups in total. The molecule has 11 aromatic rings. The van der Waals surface area contributed by atoms with Crippen molar-refractivity contribution in [2.75, 3.05) is 0 Å². The number of nitrogens with zero attached hydrogens (tertiary/aromatic N) is 4. The summed E-state index contributed by atoms with van der Waals surface area (Å²) in [7, 11) is 0. The van der Waals surface area contributed by atoms with Gasteiger partial charge in [0.15, 0.2) is 17.5 Å². The number of hydrogen-bond donors (Lipinski definition) is 0. The molecule has 0 fully saturated rings. The highest BCUT2D eigenvalue weighted by Crippen LogP contribution is 2.44. The van der Waals surface area contributed by atoms with E-state index in [1.54, 1.807) is 0 Å². The predicted octanol–water partition coefficient (Wildman–Crippen LogP) is 13.2. The lowest BCUT2D eigenvalue weighted by atomic mass is 9.98. The SMILES string of the molecule is [2H]c1cc([2H])c2sc3c(-c4ccc(-c5nc(-c6ccccc6)nc(-c6cccc7ccccc67)n5)cc4-n4c5ccccc5c5ccccc54)c([2H])c([2H])c([2H])c3c2c1[2H].